The van der Waals surface area contributed by atoms with E-state index in [-0.39, 0.29) is 5.54 Å². The zero-order valence-corrected chi connectivity index (χ0v) is 12.9. The van der Waals surface area contributed by atoms with Crippen LogP contribution in [0.1, 0.15) is 69.7 Å². The molecule has 0 spiro atoms. The topological polar surface area (TPSA) is 49.8 Å². The second-order valence-electron chi connectivity index (χ2n) is 6.64. The van der Waals surface area contributed by atoms with E-state index in [9.17, 15) is 0 Å². The normalized spacial score (nSPS) is 20.4. The van der Waals surface area contributed by atoms with E-state index in [1.54, 1.807) is 0 Å². The SMILES string of the molecule is CCCNc1nc(C2CC2)nc(NC2(C)CCC2)c1C. The zero-order valence-electron chi connectivity index (χ0n) is 12.9. The summed E-state index contributed by atoms with van der Waals surface area (Å²) >= 11 is 0. The van der Waals surface area contributed by atoms with Crippen LogP contribution in [-0.2, 0) is 0 Å². The molecule has 0 aromatic carbocycles. The Morgan fingerprint density at radius 2 is 1.90 bits per heavy atom. The molecular weight excluding hydrogens is 248 g/mol. The van der Waals surface area contributed by atoms with Gasteiger partial charge in [-0.3, -0.25) is 0 Å². The Bertz CT molecular complexity index is 489. The molecule has 2 N–H and O–H groups in total. The van der Waals surface area contributed by atoms with Gasteiger partial charge in [0.2, 0.25) is 0 Å². The first-order valence-corrected chi connectivity index (χ1v) is 8.02. The average molecular weight is 274 g/mol. The summed E-state index contributed by atoms with van der Waals surface area (Å²) in [5.41, 5.74) is 1.40. The number of nitrogens with zero attached hydrogens (tertiary/aromatic N) is 2. The zero-order chi connectivity index (χ0) is 14.2. The second-order valence-corrected chi connectivity index (χ2v) is 6.64. The van der Waals surface area contributed by atoms with Gasteiger partial charge in [0.05, 0.1) is 0 Å². The molecule has 20 heavy (non-hydrogen) atoms. The van der Waals surface area contributed by atoms with Crippen molar-refractivity contribution >= 4 is 11.6 Å². The van der Waals surface area contributed by atoms with Gasteiger partial charge in [0.15, 0.2) is 0 Å². The lowest BCUT2D eigenvalue weighted by molar-refractivity contribution is 0.305. The summed E-state index contributed by atoms with van der Waals surface area (Å²) in [5, 5.41) is 7.13. The summed E-state index contributed by atoms with van der Waals surface area (Å²) in [6.45, 7) is 7.57. The van der Waals surface area contributed by atoms with Gasteiger partial charge in [-0.05, 0) is 52.4 Å². The highest BCUT2D eigenvalue weighted by Crippen LogP contribution is 2.41. The van der Waals surface area contributed by atoms with E-state index in [2.05, 4.69) is 31.4 Å². The third-order valence-electron chi connectivity index (χ3n) is 4.53. The summed E-state index contributed by atoms with van der Waals surface area (Å²) in [5.74, 6) is 3.68. The van der Waals surface area contributed by atoms with E-state index in [0.29, 0.717) is 5.92 Å². The quantitative estimate of drug-likeness (QED) is 0.827. The van der Waals surface area contributed by atoms with Gasteiger partial charge < -0.3 is 10.6 Å². The molecule has 0 amide bonds. The molecule has 4 nitrogen and oxygen atoms in total. The predicted molar refractivity (Wildman–Crippen MR) is 83.4 cm³/mol. The molecule has 2 aliphatic rings. The molecule has 110 valence electrons. The molecule has 0 atom stereocenters. The van der Waals surface area contributed by atoms with Crippen LogP contribution in [0.4, 0.5) is 11.6 Å². The molecule has 1 aromatic heterocycles. The third kappa shape index (κ3) is 2.74. The monoisotopic (exact) mass is 274 g/mol. The largest absolute Gasteiger partial charge is 0.370 e. The van der Waals surface area contributed by atoms with Crippen molar-refractivity contribution in [3.63, 3.8) is 0 Å². The third-order valence-corrected chi connectivity index (χ3v) is 4.53. The van der Waals surface area contributed by atoms with Crippen LogP contribution in [0.15, 0.2) is 0 Å². The number of anilines is 2. The van der Waals surface area contributed by atoms with E-state index in [1.807, 2.05) is 0 Å². The van der Waals surface area contributed by atoms with Crippen LogP contribution in [0, 0.1) is 6.92 Å². The summed E-state index contributed by atoms with van der Waals surface area (Å²) in [4.78, 5) is 9.55. The molecule has 0 bridgehead atoms. The van der Waals surface area contributed by atoms with Crippen molar-refractivity contribution in [2.45, 2.75) is 70.8 Å². The lowest BCUT2D eigenvalue weighted by atomic mass is 9.78. The van der Waals surface area contributed by atoms with Gasteiger partial charge in [0.25, 0.3) is 0 Å². The van der Waals surface area contributed by atoms with Crippen LogP contribution in [0.25, 0.3) is 0 Å². The van der Waals surface area contributed by atoms with Crippen LogP contribution in [0.5, 0.6) is 0 Å². The second kappa shape index (κ2) is 5.23. The first kappa shape index (κ1) is 13.7. The van der Waals surface area contributed by atoms with Crippen molar-refractivity contribution in [3.05, 3.63) is 11.4 Å². The fourth-order valence-electron chi connectivity index (χ4n) is 2.71. The highest BCUT2D eigenvalue weighted by Gasteiger charge is 2.34. The van der Waals surface area contributed by atoms with Crippen molar-refractivity contribution in [1.29, 1.82) is 0 Å². The summed E-state index contributed by atoms with van der Waals surface area (Å²) in [6.07, 6.45) is 7.41. The molecule has 3 rings (SSSR count). The molecule has 1 aromatic rings. The van der Waals surface area contributed by atoms with E-state index in [1.165, 1.54) is 32.1 Å². The number of hydrogen-bond donors (Lipinski definition) is 2. The van der Waals surface area contributed by atoms with Gasteiger partial charge in [-0.2, -0.15) is 0 Å². The molecule has 1 heterocycles. The van der Waals surface area contributed by atoms with E-state index >= 15 is 0 Å². The molecule has 0 radical (unpaired) electrons. The predicted octanol–water partition coefficient (Wildman–Crippen LogP) is 3.84. The lowest BCUT2D eigenvalue weighted by Gasteiger charge is -2.40. The fourth-order valence-corrected chi connectivity index (χ4v) is 2.71. The molecule has 0 unspecified atom stereocenters. The summed E-state index contributed by atoms with van der Waals surface area (Å²) in [6, 6.07) is 0. The van der Waals surface area contributed by atoms with Crippen molar-refractivity contribution < 1.29 is 0 Å². The molecular formula is C16H26N4. The van der Waals surface area contributed by atoms with Crippen LogP contribution < -0.4 is 10.6 Å². The molecule has 2 fully saturated rings. The first-order chi connectivity index (χ1) is 9.61. The Morgan fingerprint density at radius 1 is 1.20 bits per heavy atom. The van der Waals surface area contributed by atoms with Crippen LogP contribution in [0.2, 0.25) is 0 Å². The maximum absolute atomic E-state index is 4.81. The number of nitrogens with one attached hydrogen (secondary N) is 2. The van der Waals surface area contributed by atoms with Crippen molar-refractivity contribution in [3.8, 4) is 0 Å². The van der Waals surface area contributed by atoms with E-state index in [4.69, 9.17) is 9.97 Å². The Balaban J connectivity index is 1.87. The van der Waals surface area contributed by atoms with Gasteiger partial charge in [-0.25, -0.2) is 9.97 Å². The lowest BCUT2D eigenvalue weighted by Crippen LogP contribution is -2.42. The minimum Gasteiger partial charge on any atom is -0.370 e. The highest BCUT2D eigenvalue weighted by atomic mass is 15.1. The number of aromatic nitrogens is 2. The fraction of sp³-hybridized carbons (Fsp3) is 0.750. The molecule has 2 saturated carbocycles. The maximum Gasteiger partial charge on any atom is 0.136 e. The highest BCUT2D eigenvalue weighted by molar-refractivity contribution is 5.58. The van der Waals surface area contributed by atoms with Crippen LogP contribution >= 0.6 is 0 Å². The van der Waals surface area contributed by atoms with Gasteiger partial charge in [0, 0.05) is 23.6 Å². The molecule has 4 heteroatoms. The van der Waals surface area contributed by atoms with Crippen molar-refractivity contribution in [1.82, 2.24) is 9.97 Å². The van der Waals surface area contributed by atoms with E-state index < -0.39 is 0 Å². The molecule has 0 aliphatic heterocycles. The first-order valence-electron chi connectivity index (χ1n) is 8.02. The van der Waals surface area contributed by atoms with Crippen molar-refractivity contribution in [2.75, 3.05) is 17.2 Å². The summed E-state index contributed by atoms with van der Waals surface area (Å²) in [7, 11) is 0. The van der Waals surface area contributed by atoms with Gasteiger partial charge in [0.1, 0.15) is 17.5 Å². The number of hydrogen-bond acceptors (Lipinski definition) is 4. The minimum atomic E-state index is 0.238. The Hall–Kier alpha value is -1.32. The molecule has 2 aliphatic carbocycles. The van der Waals surface area contributed by atoms with Gasteiger partial charge in [-0.1, -0.05) is 6.92 Å². The van der Waals surface area contributed by atoms with E-state index in [0.717, 1.165) is 36.0 Å². The minimum absolute atomic E-state index is 0.238. The average Bonchev–Trinajstić information content (AvgIpc) is 3.22. The van der Waals surface area contributed by atoms with Gasteiger partial charge >= 0.3 is 0 Å². The standard InChI is InChI=1S/C16H26N4/c1-4-10-17-13-11(2)14(20-16(3)8-5-9-16)19-15(18-13)12-6-7-12/h12H,4-10H2,1-3H3,(H2,17,18,19,20). The number of rotatable bonds is 6. The van der Waals surface area contributed by atoms with Crippen LogP contribution in [0.3, 0.4) is 0 Å². The Kier molecular flexibility index (Phi) is 3.57. The maximum atomic E-state index is 4.81. The Labute approximate surface area is 121 Å². The van der Waals surface area contributed by atoms with Crippen molar-refractivity contribution in [2.24, 2.45) is 0 Å². The smallest absolute Gasteiger partial charge is 0.136 e. The Morgan fingerprint density at radius 3 is 2.45 bits per heavy atom. The van der Waals surface area contributed by atoms with Gasteiger partial charge in [-0.15, -0.1) is 0 Å². The van der Waals surface area contributed by atoms with Crippen LogP contribution in [-0.4, -0.2) is 22.1 Å². The molecule has 0 saturated heterocycles. The summed E-state index contributed by atoms with van der Waals surface area (Å²) < 4.78 is 0.